The van der Waals surface area contributed by atoms with Crippen LogP contribution in [0.25, 0.3) is 21.9 Å². The van der Waals surface area contributed by atoms with E-state index >= 15 is 0 Å². The van der Waals surface area contributed by atoms with Crippen molar-refractivity contribution in [2.24, 2.45) is 24.3 Å². The fourth-order valence-electron chi connectivity index (χ4n) is 2.78. The van der Waals surface area contributed by atoms with Gasteiger partial charge in [-0.25, -0.2) is 4.98 Å². The zero-order valence-electron chi connectivity index (χ0n) is 12.8. The van der Waals surface area contributed by atoms with Gasteiger partial charge in [-0.3, -0.25) is 0 Å². The molecule has 0 unspecified atom stereocenters. The zero-order valence-corrected chi connectivity index (χ0v) is 12.8. The van der Waals surface area contributed by atoms with Crippen molar-refractivity contribution < 1.29 is 5.11 Å². The predicted octanol–water partition coefficient (Wildman–Crippen LogP) is 4.19. The van der Waals surface area contributed by atoms with Crippen LogP contribution in [0.1, 0.15) is 0 Å². The number of nitrogens with zero attached hydrogens (tertiary/aromatic N) is 5. The Morgan fingerprint density at radius 1 is 0.870 bits per heavy atom. The highest BCUT2D eigenvalue weighted by atomic mass is 16.3. The number of azo groups is 1. The van der Waals surface area contributed by atoms with Crippen molar-refractivity contribution in [2.45, 2.75) is 0 Å². The molecule has 1 N–H and O–H groups in total. The maximum absolute atomic E-state index is 10.3. The third-order valence-corrected chi connectivity index (χ3v) is 4.05. The molecule has 6 heteroatoms. The monoisotopic (exact) mass is 305 g/mol. The summed E-state index contributed by atoms with van der Waals surface area (Å²) in [6.45, 7) is 0. The number of hydrogen-bond acceptors (Lipinski definition) is 4. The van der Waals surface area contributed by atoms with Crippen LogP contribution < -0.4 is 0 Å². The number of fused-ring (bicyclic) bond motifs is 2. The van der Waals surface area contributed by atoms with Gasteiger partial charge in [-0.05, 0) is 18.2 Å². The minimum absolute atomic E-state index is 0.0914. The van der Waals surface area contributed by atoms with Gasteiger partial charge in [0.25, 0.3) is 0 Å². The molecule has 23 heavy (non-hydrogen) atoms. The Morgan fingerprint density at radius 2 is 1.57 bits per heavy atom. The van der Waals surface area contributed by atoms with E-state index in [0.717, 1.165) is 21.9 Å². The fourth-order valence-corrected chi connectivity index (χ4v) is 2.78. The molecule has 0 fully saturated rings. The standard InChI is InChI=1S/C17H15N5O/c1-21-13-9-5-3-7-11(13)15(16(21)23)19-20-17-18-12-8-4-6-10-14(12)22(17)2/h3-10,23H,1-2H3. The molecule has 2 aromatic carbocycles. The molecule has 0 spiro atoms. The largest absolute Gasteiger partial charge is 0.493 e. The number of benzene rings is 2. The van der Waals surface area contributed by atoms with E-state index in [4.69, 9.17) is 0 Å². The highest BCUT2D eigenvalue weighted by Crippen LogP contribution is 2.38. The predicted molar refractivity (Wildman–Crippen MR) is 89.5 cm³/mol. The minimum atomic E-state index is 0.0914. The van der Waals surface area contributed by atoms with Gasteiger partial charge in [0.05, 0.1) is 16.6 Å². The van der Waals surface area contributed by atoms with Gasteiger partial charge < -0.3 is 14.2 Å². The molecule has 4 rings (SSSR count). The fraction of sp³-hybridized carbons (Fsp3) is 0.118. The number of para-hydroxylation sites is 3. The van der Waals surface area contributed by atoms with Crippen molar-refractivity contribution in [3.05, 3.63) is 48.5 Å². The van der Waals surface area contributed by atoms with Crippen molar-refractivity contribution in [3.8, 4) is 5.88 Å². The Labute approximate surface area is 132 Å². The molecule has 2 heterocycles. The number of rotatable bonds is 2. The van der Waals surface area contributed by atoms with Gasteiger partial charge in [0, 0.05) is 19.5 Å². The summed E-state index contributed by atoms with van der Waals surface area (Å²) in [7, 11) is 3.69. The van der Waals surface area contributed by atoms with Crippen LogP contribution in [0.5, 0.6) is 5.88 Å². The number of aryl methyl sites for hydroxylation is 2. The Bertz CT molecular complexity index is 1060. The van der Waals surface area contributed by atoms with Crippen LogP contribution in [0.15, 0.2) is 58.8 Å². The lowest BCUT2D eigenvalue weighted by atomic mass is 10.2. The number of aromatic nitrogens is 3. The summed E-state index contributed by atoms with van der Waals surface area (Å²) in [5.41, 5.74) is 3.22. The van der Waals surface area contributed by atoms with Crippen LogP contribution in [-0.4, -0.2) is 19.2 Å². The molecule has 0 amide bonds. The third kappa shape index (κ3) is 1.99. The van der Waals surface area contributed by atoms with Crippen molar-refractivity contribution in [1.82, 2.24) is 14.1 Å². The Balaban J connectivity index is 1.85. The van der Waals surface area contributed by atoms with Gasteiger partial charge in [-0.1, -0.05) is 30.3 Å². The molecule has 0 bridgehead atoms. The summed E-state index contributed by atoms with van der Waals surface area (Å²) >= 11 is 0. The van der Waals surface area contributed by atoms with Gasteiger partial charge >= 0.3 is 0 Å². The number of aromatic hydroxyl groups is 1. The Hall–Kier alpha value is -3.15. The van der Waals surface area contributed by atoms with E-state index in [1.54, 1.807) is 11.6 Å². The molecule has 4 aromatic rings. The van der Waals surface area contributed by atoms with Gasteiger partial charge in [0.2, 0.25) is 11.8 Å². The second-order valence-electron chi connectivity index (χ2n) is 5.41. The van der Waals surface area contributed by atoms with Gasteiger partial charge in [-0.2, -0.15) is 0 Å². The first-order valence-electron chi connectivity index (χ1n) is 7.26. The summed E-state index contributed by atoms with van der Waals surface area (Å²) in [6.07, 6.45) is 0. The van der Waals surface area contributed by atoms with Crippen molar-refractivity contribution >= 4 is 33.6 Å². The molecule has 2 aromatic heterocycles. The topological polar surface area (TPSA) is 67.7 Å². The average Bonchev–Trinajstić information content (AvgIpc) is 3.02. The van der Waals surface area contributed by atoms with E-state index < -0.39 is 0 Å². The van der Waals surface area contributed by atoms with Crippen molar-refractivity contribution in [1.29, 1.82) is 0 Å². The van der Waals surface area contributed by atoms with Gasteiger partial charge in [0.1, 0.15) is 0 Å². The lowest BCUT2D eigenvalue weighted by molar-refractivity contribution is 0.436. The summed E-state index contributed by atoms with van der Waals surface area (Å²) in [4.78, 5) is 4.46. The molecule has 0 aliphatic heterocycles. The zero-order chi connectivity index (χ0) is 16.0. The smallest absolute Gasteiger partial charge is 0.250 e. The van der Waals surface area contributed by atoms with E-state index in [1.807, 2.05) is 60.1 Å². The highest BCUT2D eigenvalue weighted by molar-refractivity contribution is 5.94. The van der Waals surface area contributed by atoms with Crippen LogP contribution >= 0.6 is 0 Å². The first-order valence-corrected chi connectivity index (χ1v) is 7.26. The number of hydrogen-bond donors (Lipinski definition) is 1. The quantitative estimate of drug-likeness (QED) is 0.564. The number of imidazole rings is 1. The van der Waals surface area contributed by atoms with E-state index in [2.05, 4.69) is 15.2 Å². The Kier molecular flexibility index (Phi) is 2.90. The Morgan fingerprint density at radius 3 is 2.35 bits per heavy atom. The van der Waals surface area contributed by atoms with Crippen molar-refractivity contribution in [2.75, 3.05) is 0 Å². The van der Waals surface area contributed by atoms with E-state index in [9.17, 15) is 5.11 Å². The maximum atomic E-state index is 10.3. The molecule has 6 nitrogen and oxygen atoms in total. The lowest BCUT2D eigenvalue weighted by Gasteiger charge is -1.96. The molecule has 0 aliphatic rings. The lowest BCUT2D eigenvalue weighted by Crippen LogP contribution is -1.85. The molecular formula is C17H15N5O. The van der Waals surface area contributed by atoms with Crippen LogP contribution in [0.4, 0.5) is 11.6 Å². The van der Waals surface area contributed by atoms with Gasteiger partial charge in [-0.15, -0.1) is 10.2 Å². The summed E-state index contributed by atoms with van der Waals surface area (Å²) in [6, 6.07) is 15.5. The van der Waals surface area contributed by atoms with Crippen LogP contribution in [0, 0.1) is 0 Å². The maximum Gasteiger partial charge on any atom is 0.250 e. The second kappa shape index (κ2) is 4.95. The molecule has 114 valence electrons. The summed E-state index contributed by atoms with van der Waals surface area (Å²) in [5, 5.41) is 19.6. The second-order valence-corrected chi connectivity index (χ2v) is 5.41. The average molecular weight is 305 g/mol. The third-order valence-electron chi connectivity index (χ3n) is 4.05. The van der Waals surface area contributed by atoms with Crippen LogP contribution in [0.2, 0.25) is 0 Å². The van der Waals surface area contributed by atoms with Gasteiger partial charge in [0.15, 0.2) is 5.69 Å². The van der Waals surface area contributed by atoms with Crippen molar-refractivity contribution in [3.63, 3.8) is 0 Å². The van der Waals surface area contributed by atoms with E-state index in [-0.39, 0.29) is 5.88 Å². The molecule has 0 saturated carbocycles. The normalized spacial score (nSPS) is 11.9. The molecule has 0 atom stereocenters. The van der Waals surface area contributed by atoms with E-state index in [1.165, 1.54) is 0 Å². The molecule has 0 saturated heterocycles. The van der Waals surface area contributed by atoms with E-state index in [0.29, 0.717) is 11.6 Å². The highest BCUT2D eigenvalue weighted by Gasteiger charge is 2.14. The first-order chi connectivity index (χ1) is 11.2. The van der Waals surface area contributed by atoms with Crippen LogP contribution in [-0.2, 0) is 14.1 Å². The molecule has 0 radical (unpaired) electrons. The summed E-state index contributed by atoms with van der Waals surface area (Å²) in [5.74, 6) is 0.590. The van der Waals surface area contributed by atoms with Crippen LogP contribution in [0.3, 0.4) is 0 Å². The first kappa shape index (κ1) is 13.5. The molecule has 0 aliphatic carbocycles. The SMILES string of the molecule is Cn1c(N=Nc2c(O)n(C)c3ccccc23)nc2ccccc21. The molecular weight excluding hydrogens is 290 g/mol. The minimum Gasteiger partial charge on any atom is -0.493 e. The summed E-state index contributed by atoms with van der Waals surface area (Å²) < 4.78 is 3.57.